The number of piperazine rings is 1. The Morgan fingerprint density at radius 2 is 2.35 bits per heavy atom. The van der Waals surface area contributed by atoms with E-state index in [4.69, 9.17) is 0 Å². The standard InChI is InChI=1S/C12H14BrIN2O/c1-8-7-15-4-5-16(8)12(17)10-6-9(13)2-3-11(10)14/h2-3,6,8,15H,4-5,7H2,1H3/t8-/m0/s1. The SMILES string of the molecule is C[C@H]1CNCCN1C(=O)c1cc(Br)ccc1I. The molecule has 0 unspecified atom stereocenters. The summed E-state index contributed by atoms with van der Waals surface area (Å²) >= 11 is 5.63. The Balaban J connectivity index is 2.26. The summed E-state index contributed by atoms with van der Waals surface area (Å²) < 4.78 is 1.95. The van der Waals surface area contributed by atoms with Crippen molar-refractivity contribution in [1.82, 2.24) is 10.2 Å². The summed E-state index contributed by atoms with van der Waals surface area (Å²) in [5.41, 5.74) is 0.786. The van der Waals surface area contributed by atoms with Gasteiger partial charge in [-0.3, -0.25) is 4.79 Å². The highest BCUT2D eigenvalue weighted by atomic mass is 127. The summed E-state index contributed by atoms with van der Waals surface area (Å²) in [7, 11) is 0. The van der Waals surface area contributed by atoms with E-state index in [9.17, 15) is 4.79 Å². The maximum absolute atomic E-state index is 12.5. The van der Waals surface area contributed by atoms with Crippen LogP contribution in [0.25, 0.3) is 0 Å². The number of nitrogens with one attached hydrogen (secondary N) is 1. The van der Waals surface area contributed by atoms with E-state index in [1.165, 1.54) is 0 Å². The molecule has 5 heteroatoms. The Bertz CT molecular complexity index is 439. The van der Waals surface area contributed by atoms with Crippen LogP contribution in [0.2, 0.25) is 0 Å². The smallest absolute Gasteiger partial charge is 0.255 e. The van der Waals surface area contributed by atoms with Crippen LogP contribution in [0.3, 0.4) is 0 Å². The van der Waals surface area contributed by atoms with Crippen LogP contribution >= 0.6 is 38.5 Å². The largest absolute Gasteiger partial charge is 0.333 e. The van der Waals surface area contributed by atoms with Gasteiger partial charge in [-0.25, -0.2) is 0 Å². The molecule has 0 bridgehead atoms. The highest BCUT2D eigenvalue weighted by molar-refractivity contribution is 14.1. The van der Waals surface area contributed by atoms with Gasteiger partial charge in [0.1, 0.15) is 0 Å². The molecule has 1 aromatic carbocycles. The van der Waals surface area contributed by atoms with Crippen LogP contribution in [-0.4, -0.2) is 36.5 Å². The molecule has 1 atom stereocenters. The molecule has 17 heavy (non-hydrogen) atoms. The second kappa shape index (κ2) is 5.67. The van der Waals surface area contributed by atoms with Crippen molar-refractivity contribution < 1.29 is 4.79 Å². The fourth-order valence-corrected chi connectivity index (χ4v) is 2.89. The van der Waals surface area contributed by atoms with Crippen molar-refractivity contribution in [1.29, 1.82) is 0 Å². The minimum Gasteiger partial charge on any atom is -0.333 e. The van der Waals surface area contributed by atoms with Crippen LogP contribution < -0.4 is 5.32 Å². The van der Waals surface area contributed by atoms with Crippen LogP contribution in [-0.2, 0) is 0 Å². The summed E-state index contributed by atoms with van der Waals surface area (Å²) in [6.07, 6.45) is 0. The van der Waals surface area contributed by atoms with Gasteiger partial charge in [0.2, 0.25) is 0 Å². The Morgan fingerprint density at radius 1 is 1.59 bits per heavy atom. The van der Waals surface area contributed by atoms with Gasteiger partial charge < -0.3 is 10.2 Å². The van der Waals surface area contributed by atoms with Crippen molar-refractivity contribution in [3.05, 3.63) is 31.8 Å². The number of halogens is 2. The molecule has 1 saturated heterocycles. The topological polar surface area (TPSA) is 32.3 Å². The number of nitrogens with zero attached hydrogens (tertiary/aromatic N) is 1. The lowest BCUT2D eigenvalue weighted by molar-refractivity contribution is 0.0654. The van der Waals surface area contributed by atoms with Crippen LogP contribution in [0, 0.1) is 3.57 Å². The maximum Gasteiger partial charge on any atom is 0.255 e. The molecule has 1 aromatic rings. The van der Waals surface area contributed by atoms with Crippen LogP contribution in [0.15, 0.2) is 22.7 Å². The lowest BCUT2D eigenvalue weighted by Gasteiger charge is -2.34. The summed E-state index contributed by atoms with van der Waals surface area (Å²) in [6, 6.07) is 6.08. The first-order chi connectivity index (χ1) is 8.09. The van der Waals surface area contributed by atoms with Gasteiger partial charge in [-0.1, -0.05) is 15.9 Å². The molecule has 1 fully saturated rings. The van der Waals surface area contributed by atoms with E-state index in [1.54, 1.807) is 0 Å². The van der Waals surface area contributed by atoms with Gasteiger partial charge in [0.15, 0.2) is 0 Å². The third-order valence-corrected chi connectivity index (χ3v) is 4.35. The average Bonchev–Trinajstić information content (AvgIpc) is 2.32. The van der Waals surface area contributed by atoms with E-state index >= 15 is 0 Å². The molecule has 1 heterocycles. The van der Waals surface area contributed by atoms with E-state index in [-0.39, 0.29) is 11.9 Å². The molecule has 3 nitrogen and oxygen atoms in total. The van der Waals surface area contributed by atoms with Gasteiger partial charge in [-0.15, -0.1) is 0 Å². The molecule has 1 aliphatic heterocycles. The third-order valence-electron chi connectivity index (χ3n) is 2.92. The predicted molar refractivity (Wildman–Crippen MR) is 80.2 cm³/mol. The first kappa shape index (κ1) is 13.3. The molecule has 0 spiro atoms. The Labute approximate surface area is 123 Å². The van der Waals surface area contributed by atoms with E-state index in [2.05, 4.69) is 50.8 Å². The summed E-state index contributed by atoms with van der Waals surface area (Å²) in [5, 5.41) is 3.29. The number of benzene rings is 1. The highest BCUT2D eigenvalue weighted by Gasteiger charge is 2.25. The second-order valence-corrected chi connectivity index (χ2v) is 6.25. The van der Waals surface area contributed by atoms with E-state index in [1.807, 2.05) is 23.1 Å². The molecule has 0 saturated carbocycles. The van der Waals surface area contributed by atoms with Gasteiger partial charge in [-0.05, 0) is 47.7 Å². The van der Waals surface area contributed by atoms with Crippen molar-refractivity contribution >= 4 is 44.4 Å². The molecule has 1 N–H and O–H groups in total. The molecule has 0 radical (unpaired) electrons. The van der Waals surface area contributed by atoms with Gasteiger partial charge in [0, 0.05) is 33.7 Å². The van der Waals surface area contributed by atoms with Crippen molar-refractivity contribution in [3.63, 3.8) is 0 Å². The molecule has 1 aliphatic rings. The molecule has 2 rings (SSSR count). The second-order valence-electron chi connectivity index (χ2n) is 4.18. The quantitative estimate of drug-likeness (QED) is 0.724. The summed E-state index contributed by atoms with van der Waals surface area (Å²) in [6.45, 7) is 4.61. The van der Waals surface area contributed by atoms with Gasteiger partial charge in [0.25, 0.3) is 5.91 Å². The zero-order chi connectivity index (χ0) is 12.4. The fourth-order valence-electron chi connectivity index (χ4n) is 1.96. The lowest BCUT2D eigenvalue weighted by atomic mass is 10.1. The average molecular weight is 409 g/mol. The highest BCUT2D eigenvalue weighted by Crippen LogP contribution is 2.21. The zero-order valence-electron chi connectivity index (χ0n) is 9.54. The zero-order valence-corrected chi connectivity index (χ0v) is 13.3. The monoisotopic (exact) mass is 408 g/mol. The number of carbonyl (C=O) groups excluding carboxylic acids is 1. The molecular formula is C12H14BrIN2O. The summed E-state index contributed by atoms with van der Waals surface area (Å²) in [4.78, 5) is 14.4. The number of carbonyl (C=O) groups is 1. The third kappa shape index (κ3) is 3.00. The fraction of sp³-hybridized carbons (Fsp3) is 0.417. The van der Waals surface area contributed by atoms with Crippen LogP contribution in [0.1, 0.15) is 17.3 Å². The minimum absolute atomic E-state index is 0.129. The van der Waals surface area contributed by atoms with Crippen molar-refractivity contribution in [3.8, 4) is 0 Å². The van der Waals surface area contributed by atoms with E-state index < -0.39 is 0 Å². The maximum atomic E-state index is 12.5. The van der Waals surface area contributed by atoms with E-state index in [0.29, 0.717) is 0 Å². The van der Waals surface area contributed by atoms with Gasteiger partial charge in [0.05, 0.1) is 5.56 Å². The molecule has 0 aliphatic carbocycles. The number of rotatable bonds is 1. The predicted octanol–water partition coefficient (Wildman–Crippen LogP) is 2.49. The number of amides is 1. The first-order valence-electron chi connectivity index (χ1n) is 5.56. The Hall–Kier alpha value is -0.140. The Kier molecular flexibility index (Phi) is 4.43. The van der Waals surface area contributed by atoms with Gasteiger partial charge in [-0.2, -0.15) is 0 Å². The number of hydrogen-bond donors (Lipinski definition) is 1. The number of hydrogen-bond acceptors (Lipinski definition) is 2. The Morgan fingerprint density at radius 3 is 3.06 bits per heavy atom. The first-order valence-corrected chi connectivity index (χ1v) is 7.43. The van der Waals surface area contributed by atoms with Crippen molar-refractivity contribution in [2.24, 2.45) is 0 Å². The molecule has 1 amide bonds. The normalized spacial score (nSPS) is 20.4. The minimum atomic E-state index is 0.129. The summed E-state index contributed by atoms with van der Waals surface area (Å²) in [5.74, 6) is 0.129. The lowest BCUT2D eigenvalue weighted by Crippen LogP contribution is -2.52. The van der Waals surface area contributed by atoms with Crippen LogP contribution in [0.5, 0.6) is 0 Å². The van der Waals surface area contributed by atoms with Crippen molar-refractivity contribution in [2.45, 2.75) is 13.0 Å². The molecule has 0 aromatic heterocycles. The van der Waals surface area contributed by atoms with Crippen molar-refractivity contribution in [2.75, 3.05) is 19.6 Å². The van der Waals surface area contributed by atoms with E-state index in [0.717, 1.165) is 33.2 Å². The van der Waals surface area contributed by atoms with Gasteiger partial charge >= 0.3 is 0 Å². The molecule has 92 valence electrons. The van der Waals surface area contributed by atoms with Crippen LogP contribution in [0.4, 0.5) is 0 Å². The molecular weight excluding hydrogens is 395 g/mol.